The molecule has 2 rings (SSSR count). The molecule has 0 unspecified atom stereocenters. The molecule has 0 atom stereocenters. The van der Waals surface area contributed by atoms with Gasteiger partial charge in [-0.25, -0.2) is 0 Å². The van der Waals surface area contributed by atoms with Gasteiger partial charge in [0.15, 0.2) is 17.3 Å². The molecule has 1 aromatic carbocycles. The molecule has 2 N–H and O–H groups in total. The number of rotatable bonds is 4. The van der Waals surface area contributed by atoms with E-state index in [9.17, 15) is 0 Å². The minimum atomic E-state index is 0.380. The van der Waals surface area contributed by atoms with Crippen LogP contribution in [0.1, 0.15) is 12.7 Å². The van der Waals surface area contributed by atoms with Crippen molar-refractivity contribution in [2.24, 2.45) is 0 Å². The van der Waals surface area contributed by atoms with Crippen molar-refractivity contribution in [3.8, 4) is 23.0 Å². The Morgan fingerprint density at radius 3 is 2.44 bits per heavy atom. The Bertz CT molecular complexity index is 551. The number of aromatic nitrogens is 2. The fourth-order valence-corrected chi connectivity index (χ4v) is 1.59. The minimum absolute atomic E-state index is 0.380. The highest BCUT2D eigenvalue weighted by Crippen LogP contribution is 2.36. The third kappa shape index (κ3) is 2.09. The Kier molecular flexibility index (Phi) is 3.36. The summed E-state index contributed by atoms with van der Waals surface area (Å²) in [6.07, 6.45) is 0.705. The first kappa shape index (κ1) is 12.2. The van der Waals surface area contributed by atoms with E-state index in [2.05, 4.69) is 10.1 Å². The summed E-state index contributed by atoms with van der Waals surface area (Å²) in [6, 6.07) is 3.39. The van der Waals surface area contributed by atoms with Crippen molar-refractivity contribution in [3.05, 3.63) is 18.0 Å². The van der Waals surface area contributed by atoms with Crippen LogP contribution in [0.25, 0.3) is 11.5 Å². The van der Waals surface area contributed by atoms with Gasteiger partial charge >= 0.3 is 0 Å². The summed E-state index contributed by atoms with van der Waals surface area (Å²) in [5.41, 5.74) is 7.08. The van der Waals surface area contributed by atoms with E-state index in [-0.39, 0.29) is 0 Å². The minimum Gasteiger partial charge on any atom is -0.493 e. The van der Waals surface area contributed by atoms with Crippen LogP contribution < -0.4 is 15.2 Å². The zero-order valence-electron chi connectivity index (χ0n) is 10.6. The van der Waals surface area contributed by atoms with Gasteiger partial charge in [0.1, 0.15) is 0 Å². The highest BCUT2D eigenvalue weighted by molar-refractivity contribution is 5.75. The molecule has 0 spiro atoms. The molecular weight excluding hydrogens is 234 g/mol. The smallest absolute Gasteiger partial charge is 0.260 e. The van der Waals surface area contributed by atoms with E-state index in [4.69, 9.17) is 19.7 Å². The van der Waals surface area contributed by atoms with E-state index in [0.29, 0.717) is 40.9 Å². The molecule has 6 nitrogen and oxygen atoms in total. The van der Waals surface area contributed by atoms with E-state index in [0.717, 1.165) is 0 Å². The number of nitrogens with two attached hydrogens (primary N) is 1. The number of anilines is 1. The zero-order chi connectivity index (χ0) is 13.1. The van der Waals surface area contributed by atoms with Crippen molar-refractivity contribution in [2.75, 3.05) is 20.0 Å². The number of nitrogens with zero attached hydrogens (tertiary/aromatic N) is 2. The number of benzene rings is 1. The molecule has 96 valence electrons. The second-order valence-corrected chi connectivity index (χ2v) is 3.66. The van der Waals surface area contributed by atoms with E-state index in [1.807, 2.05) is 6.92 Å². The van der Waals surface area contributed by atoms with Crippen LogP contribution in [0.15, 0.2) is 16.7 Å². The molecule has 0 bridgehead atoms. The Morgan fingerprint density at radius 2 is 1.89 bits per heavy atom. The maximum Gasteiger partial charge on any atom is 0.260 e. The van der Waals surface area contributed by atoms with E-state index in [1.165, 1.54) is 0 Å². The molecule has 0 saturated carbocycles. The molecule has 0 aliphatic heterocycles. The van der Waals surface area contributed by atoms with Crippen LogP contribution in [0.5, 0.6) is 11.5 Å². The summed E-state index contributed by atoms with van der Waals surface area (Å²) in [7, 11) is 3.11. The van der Waals surface area contributed by atoms with Crippen LogP contribution in [0.4, 0.5) is 5.69 Å². The number of hydrogen-bond donors (Lipinski definition) is 1. The molecule has 0 radical (unpaired) electrons. The fraction of sp³-hybridized carbons (Fsp3) is 0.333. The first-order chi connectivity index (χ1) is 8.69. The number of hydrogen-bond acceptors (Lipinski definition) is 6. The normalized spacial score (nSPS) is 10.4. The summed E-state index contributed by atoms with van der Waals surface area (Å²) in [6.45, 7) is 1.95. The van der Waals surface area contributed by atoms with Gasteiger partial charge in [-0.05, 0) is 6.07 Å². The van der Waals surface area contributed by atoms with Crippen molar-refractivity contribution in [1.29, 1.82) is 0 Å². The quantitative estimate of drug-likeness (QED) is 0.833. The molecule has 0 fully saturated rings. The maximum atomic E-state index is 5.94. The third-order valence-electron chi connectivity index (χ3n) is 2.57. The van der Waals surface area contributed by atoms with Crippen LogP contribution in [0.2, 0.25) is 0 Å². The Morgan fingerprint density at radius 1 is 1.22 bits per heavy atom. The largest absolute Gasteiger partial charge is 0.493 e. The van der Waals surface area contributed by atoms with Gasteiger partial charge in [-0.3, -0.25) is 0 Å². The lowest BCUT2D eigenvalue weighted by Crippen LogP contribution is -1.96. The molecule has 0 saturated heterocycles. The Labute approximate surface area is 105 Å². The monoisotopic (exact) mass is 249 g/mol. The lowest BCUT2D eigenvalue weighted by Gasteiger charge is -2.10. The van der Waals surface area contributed by atoms with Crippen LogP contribution >= 0.6 is 0 Å². The topological polar surface area (TPSA) is 83.4 Å². The molecule has 1 aromatic heterocycles. The number of methoxy groups -OCH3 is 2. The predicted octanol–water partition coefficient (Wildman–Crippen LogP) is 1.90. The molecule has 2 aromatic rings. The van der Waals surface area contributed by atoms with E-state index < -0.39 is 0 Å². The highest BCUT2D eigenvalue weighted by atomic mass is 16.5. The number of aryl methyl sites for hydroxylation is 1. The molecule has 0 aliphatic carbocycles. The van der Waals surface area contributed by atoms with Crippen LogP contribution in [0, 0.1) is 0 Å². The van der Waals surface area contributed by atoms with Gasteiger partial charge in [-0.1, -0.05) is 12.1 Å². The fourth-order valence-electron chi connectivity index (χ4n) is 1.59. The van der Waals surface area contributed by atoms with Gasteiger partial charge in [0.05, 0.1) is 19.8 Å². The molecule has 1 heterocycles. The van der Waals surface area contributed by atoms with Crippen LogP contribution in [-0.4, -0.2) is 24.4 Å². The zero-order valence-corrected chi connectivity index (χ0v) is 10.6. The average molecular weight is 249 g/mol. The molecule has 18 heavy (non-hydrogen) atoms. The van der Waals surface area contributed by atoms with E-state index in [1.54, 1.807) is 26.4 Å². The Balaban J connectivity index is 2.50. The predicted molar refractivity (Wildman–Crippen MR) is 66.6 cm³/mol. The summed E-state index contributed by atoms with van der Waals surface area (Å²) in [4.78, 5) is 4.24. The second kappa shape index (κ2) is 4.95. The lowest BCUT2D eigenvalue weighted by atomic mass is 10.1. The average Bonchev–Trinajstić information content (AvgIpc) is 2.86. The van der Waals surface area contributed by atoms with Gasteiger partial charge in [0.25, 0.3) is 5.89 Å². The third-order valence-corrected chi connectivity index (χ3v) is 2.57. The first-order valence-electron chi connectivity index (χ1n) is 5.54. The van der Waals surface area contributed by atoms with Crippen molar-refractivity contribution in [3.63, 3.8) is 0 Å². The van der Waals surface area contributed by atoms with Gasteiger partial charge in [-0.2, -0.15) is 4.98 Å². The maximum absolute atomic E-state index is 5.94. The van der Waals surface area contributed by atoms with Crippen molar-refractivity contribution < 1.29 is 14.0 Å². The van der Waals surface area contributed by atoms with Crippen molar-refractivity contribution >= 4 is 5.69 Å². The van der Waals surface area contributed by atoms with Gasteiger partial charge in [0.2, 0.25) is 0 Å². The molecular formula is C12H15N3O3. The van der Waals surface area contributed by atoms with Gasteiger partial charge in [-0.15, -0.1) is 0 Å². The lowest BCUT2D eigenvalue weighted by molar-refractivity contribution is 0.355. The van der Waals surface area contributed by atoms with Crippen LogP contribution in [0.3, 0.4) is 0 Å². The molecule has 0 amide bonds. The first-order valence-corrected chi connectivity index (χ1v) is 5.54. The summed E-state index contributed by atoms with van der Waals surface area (Å²) < 4.78 is 15.5. The summed E-state index contributed by atoms with van der Waals surface area (Å²) in [5.74, 6) is 2.15. The van der Waals surface area contributed by atoms with E-state index >= 15 is 0 Å². The van der Waals surface area contributed by atoms with Crippen molar-refractivity contribution in [2.45, 2.75) is 13.3 Å². The van der Waals surface area contributed by atoms with Gasteiger partial charge in [0, 0.05) is 18.2 Å². The standard InChI is InChI=1S/C12H15N3O3/c1-4-11-14-12(18-15-11)7-5-9(16-2)10(17-3)6-8(7)13/h5-6H,4,13H2,1-3H3. The van der Waals surface area contributed by atoms with Gasteiger partial charge < -0.3 is 19.7 Å². The molecule has 6 heteroatoms. The molecule has 0 aliphatic rings. The van der Waals surface area contributed by atoms with Crippen LogP contribution in [-0.2, 0) is 6.42 Å². The highest BCUT2D eigenvalue weighted by Gasteiger charge is 2.15. The number of nitrogen functional groups attached to an aromatic ring is 1. The Hall–Kier alpha value is -2.24. The van der Waals surface area contributed by atoms with Crippen molar-refractivity contribution in [1.82, 2.24) is 10.1 Å². The number of ether oxygens (including phenoxy) is 2. The SMILES string of the molecule is CCc1noc(-c2cc(OC)c(OC)cc2N)n1. The second-order valence-electron chi connectivity index (χ2n) is 3.66. The summed E-state index contributed by atoms with van der Waals surface area (Å²) in [5, 5.41) is 3.84. The summed E-state index contributed by atoms with van der Waals surface area (Å²) >= 11 is 0.